The number of carbonyl (C=O) groups excluding carboxylic acids is 3. The lowest BCUT2D eigenvalue weighted by Crippen LogP contribution is -2.44. The van der Waals surface area contributed by atoms with Crippen LogP contribution in [0.4, 0.5) is 11.4 Å². The number of rotatable bonds is 3. The van der Waals surface area contributed by atoms with Gasteiger partial charge in [0, 0.05) is 16.0 Å². The Morgan fingerprint density at radius 2 is 1.93 bits per heavy atom. The number of para-hydroxylation sites is 3. The minimum absolute atomic E-state index is 0.116. The van der Waals surface area contributed by atoms with E-state index >= 15 is 0 Å². The molecule has 2 aromatic carbocycles. The molecule has 2 aliphatic rings. The Bertz CT molecular complexity index is 1190. The van der Waals surface area contributed by atoms with Gasteiger partial charge >= 0.3 is 5.97 Å². The van der Waals surface area contributed by atoms with Crippen molar-refractivity contribution in [2.45, 2.75) is 6.61 Å². The van der Waals surface area contributed by atoms with Gasteiger partial charge in [-0.3, -0.25) is 14.5 Å². The Hall–Kier alpha value is -3.65. The molecular weight excluding hydrogens is 404 g/mol. The van der Waals surface area contributed by atoms with Gasteiger partial charge in [-0.2, -0.15) is 0 Å². The Balaban J connectivity index is 1.30. The minimum atomic E-state index is -0.574. The Labute approximate surface area is 175 Å². The molecule has 0 fully saturated rings. The van der Waals surface area contributed by atoms with Crippen LogP contribution in [0.3, 0.4) is 0 Å². The minimum Gasteiger partial charge on any atom is -0.488 e. The van der Waals surface area contributed by atoms with Crippen LogP contribution in [0.5, 0.6) is 5.75 Å². The second-order valence-electron chi connectivity index (χ2n) is 6.87. The number of anilines is 2. The maximum Gasteiger partial charge on any atom is 0.348 e. The number of hydrogen-bond donors (Lipinski definition) is 1. The molecule has 8 heteroatoms. The smallest absolute Gasteiger partial charge is 0.348 e. The maximum absolute atomic E-state index is 12.7. The SMILES string of the molecule is O=C1CN(C(=O)COC(=O)c2cc3c(s2)-c2ccccc2OC3)c2ccccc2N1. The topological polar surface area (TPSA) is 84.9 Å². The zero-order valence-corrected chi connectivity index (χ0v) is 16.5. The Morgan fingerprint density at radius 3 is 2.83 bits per heavy atom. The molecule has 0 saturated carbocycles. The van der Waals surface area contributed by atoms with Crippen LogP contribution < -0.4 is 15.0 Å². The van der Waals surface area contributed by atoms with Gasteiger partial charge in [0.05, 0.1) is 11.4 Å². The first-order valence-corrected chi connectivity index (χ1v) is 10.1. The second-order valence-corrected chi connectivity index (χ2v) is 7.92. The van der Waals surface area contributed by atoms with Gasteiger partial charge in [0.25, 0.3) is 5.91 Å². The van der Waals surface area contributed by atoms with Gasteiger partial charge in [-0.1, -0.05) is 24.3 Å². The molecule has 7 nitrogen and oxygen atoms in total. The summed E-state index contributed by atoms with van der Waals surface area (Å²) in [5.41, 5.74) is 2.99. The summed E-state index contributed by atoms with van der Waals surface area (Å²) in [5.74, 6) is -0.544. The summed E-state index contributed by atoms with van der Waals surface area (Å²) in [7, 11) is 0. The van der Waals surface area contributed by atoms with Crippen molar-refractivity contribution in [1.82, 2.24) is 0 Å². The molecule has 3 aromatic rings. The standard InChI is InChI=1S/C22H16N2O5S/c25-19-10-24(16-7-3-2-6-15(16)23-19)20(26)12-29-22(27)18-9-13-11-28-17-8-4-1-5-14(17)21(13)30-18/h1-9H,10-12H2,(H,23,25). The number of amides is 2. The van der Waals surface area contributed by atoms with E-state index in [0.29, 0.717) is 22.9 Å². The van der Waals surface area contributed by atoms with E-state index < -0.39 is 18.5 Å². The number of hydrogen-bond acceptors (Lipinski definition) is 6. The fourth-order valence-electron chi connectivity index (χ4n) is 3.53. The van der Waals surface area contributed by atoms with Crippen LogP contribution in [0, 0.1) is 0 Å². The number of carbonyl (C=O) groups is 3. The summed E-state index contributed by atoms with van der Waals surface area (Å²) >= 11 is 1.32. The molecule has 0 saturated heterocycles. The molecule has 0 unspecified atom stereocenters. The monoisotopic (exact) mass is 420 g/mol. The van der Waals surface area contributed by atoms with Crippen molar-refractivity contribution in [3.8, 4) is 16.2 Å². The number of esters is 1. The predicted octanol–water partition coefficient (Wildman–Crippen LogP) is 3.45. The lowest BCUT2D eigenvalue weighted by Gasteiger charge is -2.28. The quantitative estimate of drug-likeness (QED) is 0.656. The molecule has 1 N–H and O–H groups in total. The van der Waals surface area contributed by atoms with Gasteiger partial charge in [-0.25, -0.2) is 4.79 Å². The lowest BCUT2D eigenvalue weighted by atomic mass is 10.1. The summed E-state index contributed by atoms with van der Waals surface area (Å²) in [4.78, 5) is 39.8. The molecule has 0 aliphatic carbocycles. The molecule has 0 bridgehead atoms. The predicted molar refractivity (Wildman–Crippen MR) is 112 cm³/mol. The van der Waals surface area contributed by atoms with Crippen molar-refractivity contribution in [2.24, 2.45) is 0 Å². The molecule has 0 spiro atoms. The second kappa shape index (κ2) is 7.31. The highest BCUT2D eigenvalue weighted by Crippen LogP contribution is 2.42. The third kappa shape index (κ3) is 3.21. The van der Waals surface area contributed by atoms with Gasteiger partial charge in [-0.05, 0) is 30.3 Å². The van der Waals surface area contributed by atoms with E-state index in [2.05, 4.69) is 5.32 Å². The van der Waals surface area contributed by atoms with Gasteiger partial charge in [0.2, 0.25) is 5.91 Å². The highest BCUT2D eigenvalue weighted by molar-refractivity contribution is 7.17. The van der Waals surface area contributed by atoms with Crippen molar-refractivity contribution in [3.63, 3.8) is 0 Å². The van der Waals surface area contributed by atoms with Gasteiger partial charge < -0.3 is 14.8 Å². The van der Waals surface area contributed by atoms with Crippen molar-refractivity contribution >= 4 is 40.5 Å². The molecule has 3 heterocycles. The van der Waals surface area contributed by atoms with Gasteiger partial charge in [-0.15, -0.1) is 11.3 Å². The number of nitrogens with one attached hydrogen (secondary N) is 1. The first kappa shape index (κ1) is 18.4. The number of fused-ring (bicyclic) bond motifs is 4. The number of nitrogens with zero attached hydrogens (tertiary/aromatic N) is 1. The van der Waals surface area contributed by atoms with Crippen LogP contribution in [0.25, 0.3) is 10.4 Å². The van der Waals surface area contributed by atoms with Gasteiger partial charge in [0.1, 0.15) is 23.8 Å². The van der Waals surface area contributed by atoms with Crippen LogP contribution in [-0.2, 0) is 20.9 Å². The van der Waals surface area contributed by atoms with Crippen LogP contribution >= 0.6 is 11.3 Å². The maximum atomic E-state index is 12.7. The van der Waals surface area contributed by atoms with E-state index in [0.717, 1.165) is 21.8 Å². The number of ether oxygens (including phenoxy) is 2. The van der Waals surface area contributed by atoms with E-state index in [1.165, 1.54) is 16.2 Å². The van der Waals surface area contributed by atoms with Gasteiger partial charge in [0.15, 0.2) is 6.61 Å². The van der Waals surface area contributed by atoms with E-state index in [1.54, 1.807) is 30.3 Å². The fraction of sp³-hybridized carbons (Fsp3) is 0.136. The first-order chi connectivity index (χ1) is 14.6. The van der Waals surface area contributed by atoms with E-state index in [-0.39, 0.29) is 12.5 Å². The van der Waals surface area contributed by atoms with Crippen molar-refractivity contribution < 1.29 is 23.9 Å². The zero-order chi connectivity index (χ0) is 20.7. The molecule has 0 atom stereocenters. The number of thiophene rings is 1. The molecule has 150 valence electrons. The lowest BCUT2D eigenvalue weighted by molar-refractivity contribution is -0.124. The van der Waals surface area contributed by atoms with Crippen LogP contribution in [-0.4, -0.2) is 30.9 Å². The summed E-state index contributed by atoms with van der Waals surface area (Å²) in [6.07, 6.45) is 0. The first-order valence-electron chi connectivity index (χ1n) is 9.31. The largest absolute Gasteiger partial charge is 0.488 e. The van der Waals surface area contributed by atoms with E-state index in [4.69, 9.17) is 9.47 Å². The Kier molecular flexibility index (Phi) is 4.48. The van der Waals surface area contributed by atoms with Crippen LogP contribution in [0.1, 0.15) is 15.2 Å². The molecule has 0 radical (unpaired) electrons. The average Bonchev–Trinajstić information content (AvgIpc) is 3.21. The van der Waals surface area contributed by atoms with Crippen LogP contribution in [0.2, 0.25) is 0 Å². The summed E-state index contributed by atoms with van der Waals surface area (Å²) in [5, 5.41) is 2.72. The molecular formula is C22H16N2O5S. The van der Waals surface area contributed by atoms with Crippen LogP contribution in [0.15, 0.2) is 54.6 Å². The molecule has 5 rings (SSSR count). The van der Waals surface area contributed by atoms with Crippen molar-refractivity contribution in [3.05, 3.63) is 65.0 Å². The molecule has 2 aliphatic heterocycles. The average molecular weight is 420 g/mol. The summed E-state index contributed by atoms with van der Waals surface area (Å²) < 4.78 is 11.0. The van der Waals surface area contributed by atoms with E-state index in [9.17, 15) is 14.4 Å². The van der Waals surface area contributed by atoms with E-state index in [1.807, 2.05) is 24.3 Å². The zero-order valence-electron chi connectivity index (χ0n) is 15.7. The summed E-state index contributed by atoms with van der Waals surface area (Å²) in [6.45, 7) is -0.181. The summed E-state index contributed by atoms with van der Waals surface area (Å²) in [6, 6.07) is 16.4. The molecule has 1 aromatic heterocycles. The highest BCUT2D eigenvalue weighted by Gasteiger charge is 2.28. The number of benzene rings is 2. The third-order valence-corrected chi connectivity index (χ3v) is 6.11. The normalized spacial score (nSPS) is 14.0. The molecule has 30 heavy (non-hydrogen) atoms. The Morgan fingerprint density at radius 1 is 1.13 bits per heavy atom. The fourth-order valence-corrected chi connectivity index (χ4v) is 4.62. The highest BCUT2D eigenvalue weighted by atomic mass is 32.1. The molecule has 2 amide bonds. The van der Waals surface area contributed by atoms with Crippen molar-refractivity contribution in [1.29, 1.82) is 0 Å². The van der Waals surface area contributed by atoms with Crippen molar-refractivity contribution in [2.75, 3.05) is 23.4 Å². The third-order valence-electron chi connectivity index (χ3n) is 4.92.